The zero-order chi connectivity index (χ0) is 19.6. The van der Waals surface area contributed by atoms with Crippen LogP contribution in [0, 0.1) is 0 Å². The van der Waals surface area contributed by atoms with E-state index in [9.17, 15) is 0 Å². The molecular formula is C20H27ClIN3O3. The highest BCUT2D eigenvalue weighted by atomic mass is 127. The topological polar surface area (TPSA) is 64.1 Å². The maximum atomic E-state index is 6.02. The van der Waals surface area contributed by atoms with E-state index in [1.54, 1.807) is 28.4 Å². The Bertz CT molecular complexity index is 787. The number of halogens is 2. The average Bonchev–Trinajstić information content (AvgIpc) is 2.69. The molecule has 0 amide bonds. The third-order valence-corrected chi connectivity index (χ3v) is 4.29. The van der Waals surface area contributed by atoms with Crippen molar-refractivity contribution in [3.8, 4) is 17.2 Å². The molecule has 28 heavy (non-hydrogen) atoms. The Morgan fingerprint density at radius 3 is 2.25 bits per heavy atom. The molecule has 0 radical (unpaired) electrons. The van der Waals surface area contributed by atoms with E-state index in [1.165, 1.54) is 5.56 Å². The summed E-state index contributed by atoms with van der Waals surface area (Å²) in [5, 5.41) is 7.32. The second-order valence-electron chi connectivity index (χ2n) is 5.75. The van der Waals surface area contributed by atoms with Crippen LogP contribution < -0.4 is 24.8 Å². The van der Waals surface area contributed by atoms with Gasteiger partial charge in [0.05, 0.1) is 21.3 Å². The van der Waals surface area contributed by atoms with Gasteiger partial charge in [-0.1, -0.05) is 23.7 Å². The van der Waals surface area contributed by atoms with E-state index in [1.807, 2.05) is 30.3 Å². The highest BCUT2D eigenvalue weighted by Crippen LogP contribution is 2.34. The second kappa shape index (κ2) is 12.6. The number of benzene rings is 2. The van der Waals surface area contributed by atoms with E-state index in [0.717, 1.165) is 29.3 Å². The van der Waals surface area contributed by atoms with Crippen LogP contribution in [0.4, 0.5) is 0 Å². The first-order chi connectivity index (χ1) is 13.1. The number of guanidine groups is 1. The zero-order valence-corrected chi connectivity index (χ0v) is 19.6. The average molecular weight is 520 g/mol. The Kier molecular flexibility index (Phi) is 10.8. The predicted octanol–water partition coefficient (Wildman–Crippen LogP) is 3.89. The summed E-state index contributed by atoms with van der Waals surface area (Å²) in [7, 11) is 6.57. The minimum absolute atomic E-state index is 0. The van der Waals surface area contributed by atoms with Crippen LogP contribution >= 0.6 is 35.6 Å². The number of methoxy groups -OCH3 is 3. The van der Waals surface area contributed by atoms with Gasteiger partial charge < -0.3 is 24.8 Å². The minimum atomic E-state index is 0. The fraction of sp³-hybridized carbons (Fsp3) is 0.350. The predicted molar refractivity (Wildman–Crippen MR) is 125 cm³/mol. The summed E-state index contributed by atoms with van der Waals surface area (Å²) in [6.45, 7) is 1.27. The van der Waals surface area contributed by atoms with Crippen LogP contribution in [0.3, 0.4) is 0 Å². The van der Waals surface area contributed by atoms with Crippen molar-refractivity contribution >= 4 is 41.5 Å². The van der Waals surface area contributed by atoms with Crippen LogP contribution in [0.15, 0.2) is 41.4 Å². The van der Waals surface area contributed by atoms with Crippen molar-refractivity contribution in [2.45, 2.75) is 13.0 Å². The van der Waals surface area contributed by atoms with E-state index in [0.29, 0.717) is 24.0 Å². The monoisotopic (exact) mass is 519 g/mol. The molecule has 0 aliphatic rings. The highest BCUT2D eigenvalue weighted by molar-refractivity contribution is 14.0. The SMILES string of the molecule is CN=C(NCCc1cccc(Cl)c1)NCc1cc(OC)c(OC)cc1OC.I. The number of nitrogens with zero attached hydrogens (tertiary/aromatic N) is 1. The Labute approximate surface area is 188 Å². The molecule has 0 unspecified atom stereocenters. The Morgan fingerprint density at radius 1 is 0.964 bits per heavy atom. The third kappa shape index (κ3) is 6.94. The van der Waals surface area contributed by atoms with Crippen LogP contribution in [0.1, 0.15) is 11.1 Å². The van der Waals surface area contributed by atoms with Crippen LogP contribution in [-0.4, -0.2) is 40.9 Å². The molecule has 2 aromatic rings. The highest BCUT2D eigenvalue weighted by Gasteiger charge is 2.12. The van der Waals surface area contributed by atoms with E-state index in [2.05, 4.69) is 21.7 Å². The lowest BCUT2D eigenvalue weighted by molar-refractivity contribution is 0.347. The molecule has 0 atom stereocenters. The Hall–Kier alpha value is -1.87. The number of rotatable bonds is 8. The molecule has 0 aromatic heterocycles. The van der Waals surface area contributed by atoms with Crippen molar-refractivity contribution in [2.24, 2.45) is 4.99 Å². The normalized spacial score (nSPS) is 10.7. The van der Waals surface area contributed by atoms with E-state index in [-0.39, 0.29) is 24.0 Å². The molecule has 0 saturated heterocycles. The molecule has 8 heteroatoms. The van der Waals surface area contributed by atoms with Gasteiger partial charge in [-0.3, -0.25) is 4.99 Å². The van der Waals surface area contributed by atoms with Gasteiger partial charge >= 0.3 is 0 Å². The van der Waals surface area contributed by atoms with Gasteiger partial charge in [0.1, 0.15) is 5.75 Å². The van der Waals surface area contributed by atoms with E-state index >= 15 is 0 Å². The van der Waals surface area contributed by atoms with Gasteiger partial charge in [0, 0.05) is 36.8 Å². The molecule has 2 rings (SSSR count). The molecular weight excluding hydrogens is 493 g/mol. The summed E-state index contributed by atoms with van der Waals surface area (Å²) in [4.78, 5) is 4.26. The van der Waals surface area contributed by atoms with Crippen LogP contribution in [-0.2, 0) is 13.0 Å². The quantitative estimate of drug-likeness (QED) is 0.315. The number of ether oxygens (including phenoxy) is 3. The molecule has 6 nitrogen and oxygen atoms in total. The Morgan fingerprint density at radius 2 is 1.64 bits per heavy atom. The summed E-state index contributed by atoms with van der Waals surface area (Å²) in [5.41, 5.74) is 2.11. The van der Waals surface area contributed by atoms with Crippen molar-refractivity contribution < 1.29 is 14.2 Å². The number of hydrogen-bond donors (Lipinski definition) is 2. The summed E-state index contributed by atoms with van der Waals surface area (Å²) >= 11 is 6.02. The van der Waals surface area contributed by atoms with Gasteiger partial charge in [0.25, 0.3) is 0 Å². The fourth-order valence-electron chi connectivity index (χ4n) is 2.65. The van der Waals surface area contributed by atoms with Crippen molar-refractivity contribution in [3.63, 3.8) is 0 Å². The van der Waals surface area contributed by atoms with Gasteiger partial charge in [-0.25, -0.2) is 0 Å². The smallest absolute Gasteiger partial charge is 0.191 e. The number of hydrogen-bond acceptors (Lipinski definition) is 4. The standard InChI is InChI=1S/C20H26ClN3O3.HI/c1-22-20(23-9-8-14-6-5-7-16(21)10-14)24-13-15-11-18(26-3)19(27-4)12-17(15)25-2;/h5-7,10-12H,8-9,13H2,1-4H3,(H2,22,23,24);1H. The van der Waals surface area contributed by atoms with Crippen molar-refractivity contribution in [3.05, 3.63) is 52.5 Å². The molecule has 0 spiro atoms. The summed E-state index contributed by atoms with van der Waals surface area (Å²) < 4.78 is 16.1. The molecule has 0 bridgehead atoms. The molecule has 154 valence electrons. The van der Waals surface area contributed by atoms with Crippen molar-refractivity contribution in [2.75, 3.05) is 34.9 Å². The third-order valence-electron chi connectivity index (χ3n) is 4.05. The molecule has 0 fully saturated rings. The maximum absolute atomic E-state index is 6.02. The van der Waals surface area contributed by atoms with Gasteiger partial charge in [-0.2, -0.15) is 0 Å². The van der Waals surface area contributed by atoms with Gasteiger partial charge in [0.2, 0.25) is 0 Å². The molecule has 0 aliphatic carbocycles. The molecule has 2 N–H and O–H groups in total. The number of nitrogens with one attached hydrogen (secondary N) is 2. The second-order valence-corrected chi connectivity index (χ2v) is 6.19. The van der Waals surface area contributed by atoms with E-state index in [4.69, 9.17) is 25.8 Å². The van der Waals surface area contributed by atoms with Crippen LogP contribution in [0.25, 0.3) is 0 Å². The largest absolute Gasteiger partial charge is 0.496 e. The first-order valence-corrected chi connectivity index (χ1v) is 8.97. The summed E-state index contributed by atoms with van der Waals surface area (Å²) in [5.74, 6) is 2.70. The first kappa shape index (κ1) is 24.2. The molecule has 2 aromatic carbocycles. The Balaban J connectivity index is 0.00000392. The lowest BCUT2D eigenvalue weighted by Crippen LogP contribution is -2.37. The lowest BCUT2D eigenvalue weighted by atomic mass is 10.1. The van der Waals surface area contributed by atoms with Gasteiger partial charge in [0.15, 0.2) is 17.5 Å². The molecule has 0 saturated carbocycles. The number of aliphatic imine (C=N–C) groups is 1. The van der Waals surface area contributed by atoms with Crippen LogP contribution in [0.2, 0.25) is 5.02 Å². The molecule has 0 aliphatic heterocycles. The van der Waals surface area contributed by atoms with Crippen molar-refractivity contribution in [1.29, 1.82) is 0 Å². The summed E-state index contributed by atoms with van der Waals surface area (Å²) in [6, 6.07) is 11.5. The minimum Gasteiger partial charge on any atom is -0.496 e. The summed E-state index contributed by atoms with van der Waals surface area (Å²) in [6.07, 6.45) is 0.848. The zero-order valence-electron chi connectivity index (χ0n) is 16.5. The van der Waals surface area contributed by atoms with Gasteiger partial charge in [-0.15, -0.1) is 24.0 Å². The lowest BCUT2D eigenvalue weighted by Gasteiger charge is -2.16. The van der Waals surface area contributed by atoms with Crippen molar-refractivity contribution in [1.82, 2.24) is 10.6 Å². The van der Waals surface area contributed by atoms with Gasteiger partial charge in [-0.05, 0) is 30.2 Å². The maximum Gasteiger partial charge on any atom is 0.191 e. The fourth-order valence-corrected chi connectivity index (χ4v) is 2.86. The van der Waals surface area contributed by atoms with E-state index < -0.39 is 0 Å². The first-order valence-electron chi connectivity index (χ1n) is 8.59. The van der Waals surface area contributed by atoms with Crippen LogP contribution in [0.5, 0.6) is 17.2 Å². The molecule has 0 heterocycles.